The van der Waals surface area contributed by atoms with Gasteiger partial charge in [-0.3, -0.25) is 0 Å². The summed E-state index contributed by atoms with van der Waals surface area (Å²) in [6.07, 6.45) is 0.0560. The van der Waals surface area contributed by atoms with Crippen LogP contribution >= 0.6 is 0 Å². The van der Waals surface area contributed by atoms with Gasteiger partial charge in [-0.2, -0.15) is 8.78 Å². The van der Waals surface area contributed by atoms with Crippen molar-refractivity contribution in [3.05, 3.63) is 29.3 Å². The fourth-order valence-corrected chi connectivity index (χ4v) is 1.67. The average molecular weight is 258 g/mol. The van der Waals surface area contributed by atoms with Gasteiger partial charge in [0.1, 0.15) is 5.75 Å². The Balaban J connectivity index is 2.77. The van der Waals surface area contributed by atoms with E-state index in [1.807, 2.05) is 6.92 Å². The molecule has 0 heterocycles. The molecule has 0 amide bonds. The average Bonchev–Trinajstić information content (AvgIpc) is 2.35. The number of aryl methyl sites for hydroxylation is 2. The van der Waals surface area contributed by atoms with E-state index in [4.69, 9.17) is 9.84 Å². The third kappa shape index (κ3) is 3.42. The molecule has 0 aliphatic carbocycles. The smallest absolute Gasteiger partial charge is 0.374 e. The largest absolute Gasteiger partial charge is 0.496 e. The Morgan fingerprint density at radius 3 is 2.61 bits per heavy atom. The number of carbonyl (C=O) groups is 1. The van der Waals surface area contributed by atoms with Gasteiger partial charge in [-0.15, -0.1) is 0 Å². The van der Waals surface area contributed by atoms with Crippen molar-refractivity contribution >= 4 is 5.97 Å². The van der Waals surface area contributed by atoms with Crippen molar-refractivity contribution in [3.8, 4) is 5.75 Å². The van der Waals surface area contributed by atoms with Crippen molar-refractivity contribution in [2.45, 2.75) is 32.1 Å². The second-order valence-electron chi connectivity index (χ2n) is 4.01. The molecule has 0 aliphatic heterocycles. The Kier molecular flexibility index (Phi) is 4.64. The highest BCUT2D eigenvalue weighted by Gasteiger charge is 2.37. The number of hydrogen-bond acceptors (Lipinski definition) is 2. The normalized spacial score (nSPS) is 11.3. The predicted octanol–water partition coefficient (Wildman–Crippen LogP) is 2.91. The van der Waals surface area contributed by atoms with E-state index >= 15 is 0 Å². The zero-order valence-corrected chi connectivity index (χ0v) is 10.4. The number of ether oxygens (including phenoxy) is 1. The Morgan fingerprint density at radius 2 is 2.11 bits per heavy atom. The molecule has 1 rings (SSSR count). The molecule has 0 fully saturated rings. The van der Waals surface area contributed by atoms with Crippen LogP contribution in [0.3, 0.4) is 0 Å². The van der Waals surface area contributed by atoms with Crippen molar-refractivity contribution in [1.82, 2.24) is 0 Å². The zero-order chi connectivity index (χ0) is 13.8. The number of benzene rings is 1. The maximum Gasteiger partial charge on any atom is 0.374 e. The van der Waals surface area contributed by atoms with Crippen molar-refractivity contribution in [3.63, 3.8) is 0 Å². The second-order valence-corrected chi connectivity index (χ2v) is 4.01. The van der Waals surface area contributed by atoms with Crippen LogP contribution in [0.4, 0.5) is 8.78 Å². The van der Waals surface area contributed by atoms with Crippen molar-refractivity contribution in [2.75, 3.05) is 7.11 Å². The Morgan fingerprint density at radius 1 is 1.44 bits per heavy atom. The van der Waals surface area contributed by atoms with Gasteiger partial charge < -0.3 is 9.84 Å². The SMILES string of the molecule is CCc1cc(CCC(F)(F)C(=O)O)ccc1OC. The van der Waals surface area contributed by atoms with Crippen molar-refractivity contribution in [1.29, 1.82) is 0 Å². The summed E-state index contributed by atoms with van der Waals surface area (Å²) in [5, 5.41) is 8.33. The Bertz CT molecular complexity index is 430. The maximum absolute atomic E-state index is 12.9. The first kappa shape index (κ1) is 14.4. The van der Waals surface area contributed by atoms with Crippen LogP contribution in [0.15, 0.2) is 18.2 Å². The highest BCUT2D eigenvalue weighted by molar-refractivity contribution is 5.75. The molecule has 0 unspecified atom stereocenters. The molecule has 0 spiro atoms. The fraction of sp³-hybridized carbons (Fsp3) is 0.462. The lowest BCUT2D eigenvalue weighted by Gasteiger charge is -2.12. The summed E-state index contributed by atoms with van der Waals surface area (Å²) < 4.78 is 31.0. The molecule has 5 heteroatoms. The number of methoxy groups -OCH3 is 1. The minimum Gasteiger partial charge on any atom is -0.496 e. The predicted molar refractivity (Wildman–Crippen MR) is 63.3 cm³/mol. The zero-order valence-electron chi connectivity index (χ0n) is 10.4. The molecule has 1 aromatic rings. The first-order valence-electron chi connectivity index (χ1n) is 5.67. The van der Waals surface area contributed by atoms with Gasteiger partial charge >= 0.3 is 11.9 Å². The minimum atomic E-state index is -3.67. The summed E-state index contributed by atoms with van der Waals surface area (Å²) in [5.41, 5.74) is 1.61. The molecule has 0 aromatic heterocycles. The van der Waals surface area contributed by atoms with E-state index in [0.29, 0.717) is 11.3 Å². The molecule has 0 atom stereocenters. The van der Waals surface area contributed by atoms with E-state index < -0.39 is 18.3 Å². The van der Waals surface area contributed by atoms with Crippen LogP contribution in [0.5, 0.6) is 5.75 Å². The number of halogens is 2. The van der Waals surface area contributed by atoms with Gasteiger partial charge in [0.2, 0.25) is 0 Å². The van der Waals surface area contributed by atoms with Crippen LogP contribution in [0.25, 0.3) is 0 Å². The molecule has 0 bridgehead atoms. The molecule has 0 aliphatic rings. The third-order valence-corrected chi connectivity index (χ3v) is 2.77. The standard InChI is InChI=1S/C13H16F2O3/c1-3-10-8-9(4-5-11(10)18-2)6-7-13(14,15)12(16)17/h4-5,8H,3,6-7H2,1-2H3,(H,16,17). The molecule has 100 valence electrons. The summed E-state index contributed by atoms with van der Waals surface area (Å²) in [7, 11) is 1.55. The number of carboxylic acids is 1. The summed E-state index contributed by atoms with van der Waals surface area (Å²) in [4.78, 5) is 10.3. The monoisotopic (exact) mass is 258 g/mol. The number of alkyl halides is 2. The minimum absolute atomic E-state index is 0.0241. The molecule has 0 radical (unpaired) electrons. The summed E-state index contributed by atoms with van der Waals surface area (Å²) in [6, 6.07) is 5.17. The molecule has 0 saturated carbocycles. The van der Waals surface area contributed by atoms with Gasteiger partial charge in [0.25, 0.3) is 0 Å². The van der Waals surface area contributed by atoms with Crippen LogP contribution in [0, 0.1) is 0 Å². The topological polar surface area (TPSA) is 46.5 Å². The van der Waals surface area contributed by atoms with Crippen LogP contribution in [0.1, 0.15) is 24.5 Å². The molecule has 18 heavy (non-hydrogen) atoms. The van der Waals surface area contributed by atoms with E-state index in [1.54, 1.807) is 25.3 Å². The second kappa shape index (κ2) is 5.80. The Labute approximate surface area is 104 Å². The number of hydrogen-bond donors (Lipinski definition) is 1. The maximum atomic E-state index is 12.9. The first-order chi connectivity index (χ1) is 8.40. The summed E-state index contributed by atoms with van der Waals surface area (Å²) >= 11 is 0. The number of rotatable bonds is 6. The van der Waals surface area contributed by atoms with E-state index in [2.05, 4.69) is 0 Å². The third-order valence-electron chi connectivity index (χ3n) is 2.77. The summed E-state index contributed by atoms with van der Waals surface area (Å²) in [6.45, 7) is 1.94. The van der Waals surface area contributed by atoms with Crippen LogP contribution in [-0.2, 0) is 17.6 Å². The lowest BCUT2D eigenvalue weighted by atomic mass is 10.0. The van der Waals surface area contributed by atoms with Crippen molar-refractivity contribution < 1.29 is 23.4 Å². The molecular formula is C13H16F2O3. The van der Waals surface area contributed by atoms with E-state index in [0.717, 1.165) is 12.0 Å². The van der Waals surface area contributed by atoms with Gasteiger partial charge in [-0.1, -0.05) is 19.1 Å². The van der Waals surface area contributed by atoms with Gasteiger partial charge in [0.15, 0.2) is 0 Å². The highest BCUT2D eigenvalue weighted by atomic mass is 19.3. The van der Waals surface area contributed by atoms with Gasteiger partial charge in [-0.05, 0) is 30.0 Å². The first-order valence-corrected chi connectivity index (χ1v) is 5.67. The molecule has 3 nitrogen and oxygen atoms in total. The quantitative estimate of drug-likeness (QED) is 0.853. The lowest BCUT2D eigenvalue weighted by molar-refractivity contribution is -0.165. The van der Waals surface area contributed by atoms with E-state index in [-0.39, 0.29) is 6.42 Å². The van der Waals surface area contributed by atoms with E-state index in [9.17, 15) is 13.6 Å². The van der Waals surface area contributed by atoms with Crippen molar-refractivity contribution in [2.24, 2.45) is 0 Å². The van der Waals surface area contributed by atoms with Crippen LogP contribution < -0.4 is 4.74 Å². The Hall–Kier alpha value is -1.65. The molecule has 1 aromatic carbocycles. The fourth-order valence-electron chi connectivity index (χ4n) is 1.67. The van der Waals surface area contributed by atoms with Gasteiger partial charge in [-0.25, -0.2) is 4.79 Å². The van der Waals surface area contributed by atoms with Gasteiger partial charge in [0, 0.05) is 6.42 Å². The molecule has 1 N–H and O–H groups in total. The molecule has 0 saturated heterocycles. The number of carboxylic acid groups (broad SMARTS) is 1. The van der Waals surface area contributed by atoms with E-state index in [1.165, 1.54) is 0 Å². The van der Waals surface area contributed by atoms with Gasteiger partial charge in [0.05, 0.1) is 7.11 Å². The molecular weight excluding hydrogens is 242 g/mol. The van der Waals surface area contributed by atoms with Crippen LogP contribution in [-0.4, -0.2) is 24.1 Å². The summed E-state index contributed by atoms with van der Waals surface area (Å²) in [5.74, 6) is -5.04. The van der Waals surface area contributed by atoms with Crippen LogP contribution in [0.2, 0.25) is 0 Å². The number of aliphatic carboxylic acids is 1. The lowest BCUT2D eigenvalue weighted by Crippen LogP contribution is -2.28. The highest BCUT2D eigenvalue weighted by Crippen LogP contribution is 2.25.